The van der Waals surface area contributed by atoms with Gasteiger partial charge in [-0.3, -0.25) is 5.32 Å². The topological polar surface area (TPSA) is 102 Å². The molecule has 0 rings (SSSR count). The summed E-state index contributed by atoms with van der Waals surface area (Å²) >= 11 is 0. The Bertz CT molecular complexity index is 155. The zero-order valence-corrected chi connectivity index (χ0v) is 9.24. The van der Waals surface area contributed by atoms with E-state index in [9.17, 15) is 4.79 Å². The van der Waals surface area contributed by atoms with E-state index in [-0.39, 0.29) is 6.04 Å². The fourth-order valence-electron chi connectivity index (χ4n) is 1.01. The van der Waals surface area contributed by atoms with Crippen molar-refractivity contribution in [2.45, 2.75) is 38.5 Å². The number of hydrogen-bond donors (Lipinski definition) is 4. The van der Waals surface area contributed by atoms with Gasteiger partial charge in [0.25, 0.3) is 0 Å². The van der Waals surface area contributed by atoms with E-state index >= 15 is 0 Å². The maximum absolute atomic E-state index is 10.6. The summed E-state index contributed by atoms with van der Waals surface area (Å²) in [7, 11) is 0. The van der Waals surface area contributed by atoms with Crippen molar-refractivity contribution in [2.75, 3.05) is 13.2 Å². The fraction of sp³-hybridized carbons (Fsp3) is 0.889. The van der Waals surface area contributed by atoms with E-state index in [4.69, 9.17) is 16.3 Å². The van der Waals surface area contributed by atoms with Gasteiger partial charge in [-0.05, 0) is 25.8 Å². The van der Waals surface area contributed by atoms with Crippen LogP contribution in [0.2, 0.25) is 0 Å². The maximum Gasteiger partial charge on any atom is 0.139 e. The molecule has 0 bridgehead atoms. The molecule has 0 saturated heterocycles. The highest BCUT2D eigenvalue weighted by Crippen LogP contribution is 1.94. The van der Waals surface area contributed by atoms with Gasteiger partial charge < -0.3 is 21.1 Å². The van der Waals surface area contributed by atoms with E-state index in [0.717, 1.165) is 19.1 Å². The molecule has 6 N–H and O–H groups in total. The van der Waals surface area contributed by atoms with Crippen LogP contribution in [0.1, 0.15) is 26.2 Å². The standard InChI is InChI=1S/C9H22N4O2/c1-2-6-15-13-8(7-14)4-3-5-12-9(10)11/h7-9,12-13H,2-6,10-11H2,1H3/t8-/m0/s1. The van der Waals surface area contributed by atoms with Crippen molar-refractivity contribution < 1.29 is 9.63 Å². The van der Waals surface area contributed by atoms with E-state index in [1.807, 2.05) is 6.92 Å². The Morgan fingerprint density at radius 1 is 1.47 bits per heavy atom. The summed E-state index contributed by atoms with van der Waals surface area (Å²) in [6.45, 7) is 3.30. The molecule has 0 radical (unpaired) electrons. The van der Waals surface area contributed by atoms with Crippen molar-refractivity contribution in [2.24, 2.45) is 11.5 Å². The van der Waals surface area contributed by atoms with Crippen molar-refractivity contribution in [3.63, 3.8) is 0 Å². The average molecular weight is 218 g/mol. The zero-order valence-electron chi connectivity index (χ0n) is 9.24. The lowest BCUT2D eigenvalue weighted by atomic mass is 10.2. The lowest BCUT2D eigenvalue weighted by Gasteiger charge is -2.13. The minimum Gasteiger partial charge on any atom is -0.304 e. The third-order valence-corrected chi connectivity index (χ3v) is 1.78. The van der Waals surface area contributed by atoms with E-state index in [0.29, 0.717) is 19.6 Å². The first-order chi connectivity index (χ1) is 7.20. The molecule has 0 saturated carbocycles. The van der Waals surface area contributed by atoms with Crippen molar-refractivity contribution in [3.05, 3.63) is 0 Å². The molecule has 90 valence electrons. The maximum atomic E-state index is 10.6. The molecule has 0 amide bonds. The van der Waals surface area contributed by atoms with Crippen LogP contribution in [0.15, 0.2) is 0 Å². The first-order valence-electron chi connectivity index (χ1n) is 5.27. The predicted molar refractivity (Wildman–Crippen MR) is 58.6 cm³/mol. The lowest BCUT2D eigenvalue weighted by molar-refractivity contribution is -0.113. The monoisotopic (exact) mass is 218 g/mol. The Morgan fingerprint density at radius 2 is 2.20 bits per heavy atom. The molecule has 0 aliphatic heterocycles. The number of rotatable bonds is 10. The molecule has 15 heavy (non-hydrogen) atoms. The molecular formula is C9H22N4O2. The predicted octanol–water partition coefficient (Wildman–Crippen LogP) is -0.944. The molecule has 0 spiro atoms. The molecule has 6 nitrogen and oxygen atoms in total. The molecule has 0 aliphatic carbocycles. The molecule has 0 aromatic rings. The van der Waals surface area contributed by atoms with Crippen LogP contribution in [-0.4, -0.2) is 31.8 Å². The van der Waals surface area contributed by atoms with Crippen molar-refractivity contribution >= 4 is 6.29 Å². The summed E-state index contributed by atoms with van der Waals surface area (Å²) in [5.74, 6) is 0. The van der Waals surface area contributed by atoms with Crippen molar-refractivity contribution in [3.8, 4) is 0 Å². The van der Waals surface area contributed by atoms with Crippen molar-refractivity contribution in [1.29, 1.82) is 0 Å². The average Bonchev–Trinajstić information content (AvgIpc) is 2.21. The highest BCUT2D eigenvalue weighted by atomic mass is 16.6. The Morgan fingerprint density at radius 3 is 2.73 bits per heavy atom. The summed E-state index contributed by atoms with van der Waals surface area (Å²) in [6.07, 6.45) is 2.79. The molecule has 0 aromatic carbocycles. The Labute approximate surface area is 90.7 Å². The molecule has 0 unspecified atom stereocenters. The van der Waals surface area contributed by atoms with Gasteiger partial charge in [0.15, 0.2) is 0 Å². The molecule has 0 fully saturated rings. The quantitative estimate of drug-likeness (QED) is 0.163. The van der Waals surface area contributed by atoms with Gasteiger partial charge in [0, 0.05) is 0 Å². The fourth-order valence-corrected chi connectivity index (χ4v) is 1.01. The van der Waals surface area contributed by atoms with Gasteiger partial charge in [-0.25, -0.2) is 0 Å². The number of nitrogens with two attached hydrogens (primary N) is 2. The SMILES string of the molecule is CCCON[C@H](C=O)CCCNC(N)N. The number of hydroxylamine groups is 1. The Balaban J connectivity index is 3.40. The molecule has 0 aromatic heterocycles. The summed E-state index contributed by atoms with van der Waals surface area (Å²) in [5.41, 5.74) is 13.3. The summed E-state index contributed by atoms with van der Waals surface area (Å²) in [5, 5.41) is 2.86. The van der Waals surface area contributed by atoms with Gasteiger partial charge >= 0.3 is 0 Å². The third kappa shape index (κ3) is 9.77. The van der Waals surface area contributed by atoms with Crippen LogP contribution in [0.5, 0.6) is 0 Å². The molecule has 0 aliphatic rings. The second kappa shape index (κ2) is 10.0. The second-order valence-corrected chi connectivity index (χ2v) is 3.33. The number of hydrogen-bond acceptors (Lipinski definition) is 6. The summed E-state index contributed by atoms with van der Waals surface area (Å²) < 4.78 is 0. The van der Waals surface area contributed by atoms with Crippen LogP contribution in [0, 0.1) is 0 Å². The smallest absolute Gasteiger partial charge is 0.139 e. The van der Waals surface area contributed by atoms with Gasteiger partial charge in [0.05, 0.1) is 12.6 Å². The highest BCUT2D eigenvalue weighted by molar-refractivity contribution is 5.56. The minimum absolute atomic E-state index is 0.257. The van der Waals surface area contributed by atoms with Gasteiger partial charge in [-0.1, -0.05) is 6.92 Å². The van der Waals surface area contributed by atoms with Gasteiger partial charge in [-0.15, -0.1) is 0 Å². The van der Waals surface area contributed by atoms with Crippen LogP contribution in [0.4, 0.5) is 0 Å². The van der Waals surface area contributed by atoms with Crippen LogP contribution >= 0.6 is 0 Å². The molecule has 6 heteroatoms. The van der Waals surface area contributed by atoms with Crippen molar-refractivity contribution in [1.82, 2.24) is 10.8 Å². The zero-order chi connectivity index (χ0) is 11.5. The number of carbonyl (C=O) groups excluding carboxylic acids is 1. The van der Waals surface area contributed by atoms with Crippen LogP contribution in [0.3, 0.4) is 0 Å². The first kappa shape index (κ1) is 14.5. The van der Waals surface area contributed by atoms with E-state index < -0.39 is 6.29 Å². The van der Waals surface area contributed by atoms with E-state index in [1.165, 1.54) is 0 Å². The number of carbonyl (C=O) groups is 1. The third-order valence-electron chi connectivity index (χ3n) is 1.78. The summed E-state index contributed by atoms with van der Waals surface area (Å²) in [4.78, 5) is 15.7. The second-order valence-electron chi connectivity index (χ2n) is 3.33. The number of nitrogens with one attached hydrogen (secondary N) is 2. The van der Waals surface area contributed by atoms with E-state index in [1.54, 1.807) is 0 Å². The largest absolute Gasteiger partial charge is 0.304 e. The van der Waals surface area contributed by atoms with Crippen LogP contribution in [0.25, 0.3) is 0 Å². The Hall–Kier alpha value is -0.530. The van der Waals surface area contributed by atoms with Gasteiger partial charge in [0.2, 0.25) is 0 Å². The van der Waals surface area contributed by atoms with Gasteiger partial charge in [-0.2, -0.15) is 5.48 Å². The first-order valence-corrected chi connectivity index (χ1v) is 5.27. The van der Waals surface area contributed by atoms with Crippen LogP contribution in [-0.2, 0) is 9.63 Å². The van der Waals surface area contributed by atoms with Gasteiger partial charge in [0.1, 0.15) is 12.6 Å². The molecule has 0 heterocycles. The van der Waals surface area contributed by atoms with Crippen LogP contribution < -0.4 is 22.3 Å². The minimum atomic E-state index is -0.496. The normalized spacial score (nSPS) is 13.1. The molecular weight excluding hydrogens is 196 g/mol. The van der Waals surface area contributed by atoms with E-state index in [2.05, 4.69) is 10.8 Å². The number of aldehydes is 1. The highest BCUT2D eigenvalue weighted by Gasteiger charge is 2.05. The summed E-state index contributed by atoms with van der Waals surface area (Å²) in [6, 6.07) is -0.257. The Kier molecular flexibility index (Phi) is 9.65. The lowest BCUT2D eigenvalue weighted by Crippen LogP contribution is -2.45. The molecule has 1 atom stereocenters.